The fourth-order valence-corrected chi connectivity index (χ4v) is 5.61. The number of thioether (sulfide) groups is 1. The van der Waals surface area contributed by atoms with Crippen molar-refractivity contribution in [1.82, 2.24) is 4.90 Å². The van der Waals surface area contributed by atoms with E-state index in [0.29, 0.717) is 12.2 Å². The second kappa shape index (κ2) is 7.22. The minimum absolute atomic E-state index is 0.204. The highest BCUT2D eigenvalue weighted by atomic mass is 32.2. The van der Waals surface area contributed by atoms with Gasteiger partial charge in [-0.1, -0.05) is 18.2 Å². The minimum atomic E-state index is 0.204. The van der Waals surface area contributed by atoms with Crippen LogP contribution < -0.4 is 5.73 Å². The number of rotatable bonds is 5. The Morgan fingerprint density at radius 3 is 2.28 bits per heavy atom. The van der Waals surface area contributed by atoms with E-state index in [1.165, 1.54) is 17.7 Å². The maximum absolute atomic E-state index is 12.5. The average Bonchev–Trinajstić information content (AvgIpc) is 3.14. The molecule has 1 aliphatic carbocycles. The van der Waals surface area contributed by atoms with Crippen molar-refractivity contribution in [2.75, 3.05) is 25.4 Å². The van der Waals surface area contributed by atoms with E-state index in [4.69, 9.17) is 5.73 Å². The number of hydrogen-bond acceptors (Lipinski definition) is 4. The molecular weight excluding hydrogens is 328 g/mol. The number of Topliss-reactive ketones (excluding diaryl/α,β-unsaturated/α-hetero) is 1. The van der Waals surface area contributed by atoms with Gasteiger partial charge in [0, 0.05) is 34.5 Å². The number of ketones is 1. The van der Waals surface area contributed by atoms with Gasteiger partial charge in [-0.05, 0) is 61.1 Å². The molecule has 4 rings (SSSR count). The van der Waals surface area contributed by atoms with Gasteiger partial charge in [0.15, 0.2) is 5.78 Å². The number of hydrogen-bond donors (Lipinski definition) is 1. The highest BCUT2D eigenvalue weighted by Gasteiger charge is 2.41. The monoisotopic (exact) mass is 352 g/mol. The lowest BCUT2D eigenvalue weighted by Gasteiger charge is -2.18. The molecule has 2 aromatic carbocycles. The van der Waals surface area contributed by atoms with Gasteiger partial charge in [-0.15, -0.1) is 11.8 Å². The molecule has 0 spiro atoms. The van der Waals surface area contributed by atoms with Crippen LogP contribution in [0.2, 0.25) is 0 Å². The van der Waals surface area contributed by atoms with E-state index in [-0.39, 0.29) is 5.78 Å². The first-order valence-electron chi connectivity index (χ1n) is 9.00. The van der Waals surface area contributed by atoms with E-state index in [1.807, 2.05) is 23.9 Å². The van der Waals surface area contributed by atoms with Gasteiger partial charge in [-0.3, -0.25) is 9.69 Å². The summed E-state index contributed by atoms with van der Waals surface area (Å²) in [5, 5.41) is 0.729. The first-order chi connectivity index (χ1) is 12.2. The molecule has 0 amide bonds. The summed E-state index contributed by atoms with van der Waals surface area (Å²) in [5.74, 6) is 1.70. The Morgan fingerprint density at radius 1 is 1.00 bits per heavy atom. The van der Waals surface area contributed by atoms with Crippen LogP contribution in [-0.2, 0) is 0 Å². The second-order valence-corrected chi connectivity index (χ2v) is 8.66. The number of benzene rings is 2. The van der Waals surface area contributed by atoms with Crippen molar-refractivity contribution < 1.29 is 4.79 Å². The van der Waals surface area contributed by atoms with Crippen LogP contribution in [0.25, 0.3) is 0 Å². The fourth-order valence-electron chi connectivity index (χ4n) is 4.22. The molecule has 2 fully saturated rings. The topological polar surface area (TPSA) is 46.3 Å². The fraction of sp³-hybridized carbons (Fsp3) is 0.381. The largest absolute Gasteiger partial charge is 0.399 e. The van der Waals surface area contributed by atoms with Gasteiger partial charge in [0.1, 0.15) is 0 Å². The zero-order chi connectivity index (χ0) is 17.2. The van der Waals surface area contributed by atoms with Gasteiger partial charge >= 0.3 is 0 Å². The zero-order valence-electron chi connectivity index (χ0n) is 14.3. The van der Waals surface area contributed by atoms with Crippen molar-refractivity contribution in [2.45, 2.75) is 23.0 Å². The summed E-state index contributed by atoms with van der Waals surface area (Å²) in [7, 11) is 0. The molecule has 1 saturated carbocycles. The molecule has 2 N–H and O–H groups in total. The predicted molar refractivity (Wildman–Crippen MR) is 104 cm³/mol. The molecule has 2 aromatic rings. The Bertz CT molecular complexity index is 717. The zero-order valence-corrected chi connectivity index (χ0v) is 15.1. The van der Waals surface area contributed by atoms with E-state index in [9.17, 15) is 4.79 Å². The number of nitrogen functional groups attached to an aromatic ring is 1. The molecule has 130 valence electrons. The number of anilines is 1. The second-order valence-electron chi connectivity index (χ2n) is 7.28. The molecule has 1 heterocycles. The van der Waals surface area contributed by atoms with Crippen molar-refractivity contribution in [3.63, 3.8) is 0 Å². The Labute approximate surface area is 153 Å². The third-order valence-electron chi connectivity index (χ3n) is 5.43. The summed E-state index contributed by atoms with van der Waals surface area (Å²) in [6, 6.07) is 18.0. The van der Waals surface area contributed by atoms with Crippen LogP contribution in [0.4, 0.5) is 5.69 Å². The predicted octanol–water partition coefficient (Wildman–Crippen LogP) is 3.95. The first kappa shape index (κ1) is 16.7. The van der Waals surface area contributed by atoms with E-state index >= 15 is 0 Å². The highest BCUT2D eigenvalue weighted by molar-refractivity contribution is 8.00. The standard InChI is InChI=1S/C21H24N2OS/c22-18-8-6-15(7-9-18)21(24)14-23-12-16-10-20(11-17(16)13-23)25-19-4-2-1-3-5-19/h1-9,16-17,20H,10-14,22H2/t16-,17+,20?. The third-order valence-corrected chi connectivity index (χ3v) is 6.69. The van der Waals surface area contributed by atoms with E-state index < -0.39 is 0 Å². The first-order valence-corrected chi connectivity index (χ1v) is 9.88. The minimum Gasteiger partial charge on any atom is -0.399 e. The summed E-state index contributed by atoms with van der Waals surface area (Å²) in [6.45, 7) is 2.67. The van der Waals surface area contributed by atoms with Crippen LogP contribution in [0, 0.1) is 11.8 Å². The van der Waals surface area contributed by atoms with E-state index in [0.717, 1.165) is 35.7 Å². The Kier molecular flexibility index (Phi) is 4.82. The van der Waals surface area contributed by atoms with Crippen LogP contribution in [0.5, 0.6) is 0 Å². The van der Waals surface area contributed by atoms with Crippen molar-refractivity contribution in [2.24, 2.45) is 11.8 Å². The number of likely N-dealkylation sites (tertiary alicyclic amines) is 1. The molecule has 25 heavy (non-hydrogen) atoms. The lowest BCUT2D eigenvalue weighted by molar-refractivity contribution is 0.0941. The van der Waals surface area contributed by atoms with E-state index in [2.05, 4.69) is 35.2 Å². The quantitative estimate of drug-likeness (QED) is 0.654. The summed E-state index contributed by atoms with van der Waals surface area (Å²) in [5.41, 5.74) is 7.17. The summed E-state index contributed by atoms with van der Waals surface area (Å²) in [6.07, 6.45) is 2.55. The van der Waals surface area contributed by atoms with Crippen molar-refractivity contribution in [3.8, 4) is 0 Å². The summed E-state index contributed by atoms with van der Waals surface area (Å²) < 4.78 is 0. The van der Waals surface area contributed by atoms with Gasteiger partial charge in [0.05, 0.1) is 6.54 Å². The lowest BCUT2D eigenvalue weighted by atomic mass is 10.0. The Morgan fingerprint density at radius 2 is 1.64 bits per heavy atom. The Balaban J connectivity index is 1.29. The van der Waals surface area contributed by atoms with Gasteiger partial charge < -0.3 is 5.73 Å². The molecule has 3 atom stereocenters. The molecular formula is C21H24N2OS. The van der Waals surface area contributed by atoms with Crippen LogP contribution in [0.3, 0.4) is 0 Å². The van der Waals surface area contributed by atoms with Gasteiger partial charge in [0.2, 0.25) is 0 Å². The molecule has 1 unspecified atom stereocenters. The number of nitrogens with two attached hydrogens (primary N) is 1. The molecule has 1 saturated heterocycles. The lowest BCUT2D eigenvalue weighted by Crippen LogP contribution is -2.29. The molecule has 2 aliphatic rings. The van der Waals surface area contributed by atoms with Crippen LogP contribution in [0.1, 0.15) is 23.2 Å². The molecule has 0 radical (unpaired) electrons. The number of carbonyl (C=O) groups excluding carboxylic acids is 1. The van der Waals surface area contributed by atoms with Crippen LogP contribution in [0.15, 0.2) is 59.5 Å². The van der Waals surface area contributed by atoms with Crippen molar-refractivity contribution in [3.05, 3.63) is 60.2 Å². The van der Waals surface area contributed by atoms with Gasteiger partial charge in [-0.2, -0.15) is 0 Å². The third kappa shape index (κ3) is 3.91. The number of fused-ring (bicyclic) bond motifs is 1. The van der Waals surface area contributed by atoms with Gasteiger partial charge in [0.25, 0.3) is 0 Å². The van der Waals surface area contributed by atoms with Crippen LogP contribution in [-0.4, -0.2) is 35.6 Å². The maximum atomic E-state index is 12.5. The summed E-state index contributed by atoms with van der Waals surface area (Å²) >= 11 is 2.02. The SMILES string of the molecule is Nc1ccc(C(=O)CN2C[C@H]3CC(Sc4ccccc4)C[C@H]3C2)cc1. The van der Waals surface area contributed by atoms with Crippen LogP contribution >= 0.6 is 11.8 Å². The average molecular weight is 353 g/mol. The number of carbonyl (C=O) groups is 1. The highest BCUT2D eigenvalue weighted by Crippen LogP contribution is 2.44. The molecule has 0 aromatic heterocycles. The van der Waals surface area contributed by atoms with E-state index in [1.54, 1.807) is 12.1 Å². The van der Waals surface area contributed by atoms with Crippen molar-refractivity contribution >= 4 is 23.2 Å². The summed E-state index contributed by atoms with van der Waals surface area (Å²) in [4.78, 5) is 16.2. The molecule has 3 nitrogen and oxygen atoms in total. The smallest absolute Gasteiger partial charge is 0.176 e. The molecule has 4 heteroatoms. The maximum Gasteiger partial charge on any atom is 0.176 e. The Hall–Kier alpha value is -1.78. The molecule has 1 aliphatic heterocycles. The van der Waals surface area contributed by atoms with Gasteiger partial charge in [-0.25, -0.2) is 0 Å². The normalized spacial score (nSPS) is 25.8. The van der Waals surface area contributed by atoms with Crippen molar-refractivity contribution in [1.29, 1.82) is 0 Å². The molecule has 0 bridgehead atoms. The number of nitrogens with zero attached hydrogens (tertiary/aromatic N) is 1.